The summed E-state index contributed by atoms with van der Waals surface area (Å²) < 4.78 is 54.9. The van der Waals surface area contributed by atoms with Crippen LogP contribution in [-0.4, -0.2) is 34.0 Å². The molecule has 0 aliphatic rings. The highest BCUT2D eigenvalue weighted by atomic mass is 32.2. The molecule has 150 valence electrons. The van der Waals surface area contributed by atoms with Crippen LogP contribution in [0.15, 0.2) is 88.7 Å². The van der Waals surface area contributed by atoms with Crippen LogP contribution in [-0.2, 0) is 20.0 Å². The topological polar surface area (TPSA) is 133 Å². The Labute approximate surface area is 169 Å². The van der Waals surface area contributed by atoms with Gasteiger partial charge in [0.1, 0.15) is 0 Å². The van der Waals surface area contributed by atoms with Crippen molar-refractivity contribution in [2.75, 3.05) is 9.44 Å². The van der Waals surface area contributed by atoms with Crippen LogP contribution in [0.1, 0.15) is 0 Å². The molecule has 0 aliphatic heterocycles. The number of hydrogen-bond donors (Lipinski definition) is 4. The normalized spacial score (nSPS) is 11.7. The van der Waals surface area contributed by atoms with Crippen LogP contribution in [0.5, 0.6) is 0 Å². The zero-order chi connectivity index (χ0) is 21.1. The molecule has 4 N–H and O–H groups in total. The maximum absolute atomic E-state index is 12.6. The second kappa shape index (κ2) is 8.25. The van der Waals surface area contributed by atoms with Crippen molar-refractivity contribution in [3.8, 4) is 0 Å². The van der Waals surface area contributed by atoms with Crippen molar-refractivity contribution in [1.29, 1.82) is 0 Å². The quantitative estimate of drug-likeness (QED) is 0.412. The summed E-state index contributed by atoms with van der Waals surface area (Å²) in [5.41, 5.74) is -0.666. The summed E-state index contributed by atoms with van der Waals surface area (Å²) in [6, 6.07) is 19.0. The molecule has 3 aromatic rings. The van der Waals surface area contributed by atoms with Crippen LogP contribution in [0, 0.1) is 0 Å². The van der Waals surface area contributed by atoms with Gasteiger partial charge in [0.05, 0.1) is 21.2 Å². The van der Waals surface area contributed by atoms with Gasteiger partial charge >= 0.3 is 7.12 Å². The fraction of sp³-hybridized carbons (Fsp3) is 0. The van der Waals surface area contributed by atoms with Gasteiger partial charge in [-0.15, -0.1) is 0 Å². The average molecular weight is 432 g/mol. The number of rotatable bonds is 7. The monoisotopic (exact) mass is 432 g/mol. The van der Waals surface area contributed by atoms with Crippen molar-refractivity contribution < 1.29 is 26.9 Å². The molecule has 0 aromatic heterocycles. The Balaban J connectivity index is 2.01. The zero-order valence-corrected chi connectivity index (χ0v) is 16.6. The molecule has 0 radical (unpaired) electrons. The Bertz CT molecular complexity index is 1110. The summed E-state index contributed by atoms with van der Waals surface area (Å²) >= 11 is 0. The Hall–Kier alpha value is -2.86. The van der Waals surface area contributed by atoms with E-state index in [-0.39, 0.29) is 26.6 Å². The highest BCUT2D eigenvalue weighted by Crippen LogP contribution is 2.20. The fourth-order valence-corrected chi connectivity index (χ4v) is 4.83. The first kappa shape index (κ1) is 20.9. The SMILES string of the molecule is O=S(=O)(Nc1cccc(NS(=O)(=O)c2ccccc2)c1B(O)O)c1ccccc1. The maximum atomic E-state index is 12.6. The van der Waals surface area contributed by atoms with Crippen LogP contribution in [0.3, 0.4) is 0 Å². The Morgan fingerprint density at radius 1 is 0.586 bits per heavy atom. The summed E-state index contributed by atoms with van der Waals surface area (Å²) in [4.78, 5) is -0.0673. The molecule has 0 saturated carbocycles. The van der Waals surface area contributed by atoms with E-state index in [4.69, 9.17) is 0 Å². The smallest absolute Gasteiger partial charge is 0.423 e. The van der Waals surface area contributed by atoms with E-state index in [9.17, 15) is 26.9 Å². The predicted molar refractivity (Wildman–Crippen MR) is 111 cm³/mol. The van der Waals surface area contributed by atoms with Crippen LogP contribution in [0.2, 0.25) is 0 Å². The molecular weight excluding hydrogens is 415 g/mol. The minimum atomic E-state index is -4.03. The molecule has 0 amide bonds. The largest absolute Gasteiger partial charge is 0.492 e. The lowest BCUT2D eigenvalue weighted by Gasteiger charge is -2.17. The second-order valence-electron chi connectivity index (χ2n) is 5.98. The lowest BCUT2D eigenvalue weighted by atomic mass is 9.78. The number of anilines is 2. The van der Waals surface area contributed by atoms with Crippen LogP contribution in [0.25, 0.3) is 0 Å². The number of benzene rings is 3. The van der Waals surface area contributed by atoms with E-state index in [2.05, 4.69) is 9.44 Å². The summed E-state index contributed by atoms with van der Waals surface area (Å²) in [5, 5.41) is 19.6. The molecule has 8 nitrogen and oxygen atoms in total. The highest BCUT2D eigenvalue weighted by molar-refractivity contribution is 7.93. The molecule has 29 heavy (non-hydrogen) atoms. The van der Waals surface area contributed by atoms with E-state index in [1.165, 1.54) is 42.5 Å². The molecule has 3 aromatic carbocycles. The van der Waals surface area contributed by atoms with E-state index >= 15 is 0 Å². The predicted octanol–water partition coefficient (Wildman–Crippen LogP) is 0.968. The van der Waals surface area contributed by atoms with Crippen LogP contribution >= 0.6 is 0 Å². The van der Waals surface area contributed by atoms with E-state index in [1.54, 1.807) is 36.4 Å². The van der Waals surface area contributed by atoms with Crippen molar-refractivity contribution in [2.24, 2.45) is 0 Å². The number of nitrogens with one attached hydrogen (secondary N) is 2. The van der Waals surface area contributed by atoms with Gasteiger partial charge in [-0.2, -0.15) is 0 Å². The molecule has 0 aliphatic carbocycles. The van der Waals surface area contributed by atoms with Gasteiger partial charge < -0.3 is 10.0 Å². The average Bonchev–Trinajstić information content (AvgIpc) is 2.68. The summed E-state index contributed by atoms with van der Waals surface area (Å²) in [6.07, 6.45) is 0. The molecule has 0 atom stereocenters. The first-order valence-electron chi connectivity index (χ1n) is 8.35. The maximum Gasteiger partial charge on any atom is 0.492 e. The van der Waals surface area contributed by atoms with Gasteiger partial charge in [0, 0.05) is 5.46 Å². The number of sulfonamides is 2. The Morgan fingerprint density at radius 3 is 1.31 bits per heavy atom. The molecule has 0 fully saturated rings. The summed E-state index contributed by atoms with van der Waals surface area (Å²) in [6.45, 7) is 0. The third kappa shape index (κ3) is 4.77. The summed E-state index contributed by atoms with van der Waals surface area (Å²) in [5.74, 6) is 0. The first-order valence-corrected chi connectivity index (χ1v) is 11.3. The second-order valence-corrected chi connectivity index (χ2v) is 9.34. The summed E-state index contributed by atoms with van der Waals surface area (Å²) in [7, 11) is -10.2. The van der Waals surface area contributed by atoms with Crippen molar-refractivity contribution in [1.82, 2.24) is 0 Å². The number of hydrogen-bond acceptors (Lipinski definition) is 6. The van der Waals surface area contributed by atoms with E-state index < -0.39 is 27.2 Å². The van der Waals surface area contributed by atoms with Gasteiger partial charge in [0.2, 0.25) is 0 Å². The van der Waals surface area contributed by atoms with Gasteiger partial charge in [0.15, 0.2) is 0 Å². The third-order valence-electron chi connectivity index (χ3n) is 3.96. The minimum absolute atomic E-state index is 0.0337. The fourth-order valence-electron chi connectivity index (χ4n) is 2.63. The van der Waals surface area contributed by atoms with E-state index in [0.29, 0.717) is 0 Å². The van der Waals surface area contributed by atoms with Crippen molar-refractivity contribution in [3.63, 3.8) is 0 Å². The van der Waals surface area contributed by atoms with E-state index in [0.717, 1.165) is 0 Å². The molecule has 0 saturated heterocycles. The van der Waals surface area contributed by atoms with E-state index in [1.807, 2.05) is 0 Å². The van der Waals surface area contributed by atoms with Gasteiger partial charge in [-0.25, -0.2) is 16.8 Å². The molecule has 0 unspecified atom stereocenters. The van der Waals surface area contributed by atoms with Gasteiger partial charge in [-0.1, -0.05) is 42.5 Å². The highest BCUT2D eigenvalue weighted by Gasteiger charge is 2.26. The van der Waals surface area contributed by atoms with Gasteiger partial charge in [-0.05, 0) is 36.4 Å². The lowest BCUT2D eigenvalue weighted by molar-refractivity contribution is 0.426. The lowest BCUT2D eigenvalue weighted by Crippen LogP contribution is -2.36. The van der Waals surface area contributed by atoms with Crippen molar-refractivity contribution in [3.05, 3.63) is 78.9 Å². The molecule has 0 bridgehead atoms. The van der Waals surface area contributed by atoms with Crippen LogP contribution < -0.4 is 14.9 Å². The molecule has 0 heterocycles. The molecular formula is C18H17BN2O6S2. The van der Waals surface area contributed by atoms with Crippen LogP contribution in [0.4, 0.5) is 11.4 Å². The minimum Gasteiger partial charge on any atom is -0.423 e. The van der Waals surface area contributed by atoms with Gasteiger partial charge in [0.25, 0.3) is 20.0 Å². The molecule has 11 heteroatoms. The van der Waals surface area contributed by atoms with Crippen molar-refractivity contribution >= 4 is 44.0 Å². The third-order valence-corrected chi connectivity index (χ3v) is 6.72. The Kier molecular flexibility index (Phi) is 5.94. The van der Waals surface area contributed by atoms with Crippen molar-refractivity contribution in [2.45, 2.75) is 9.79 Å². The first-order chi connectivity index (χ1) is 13.7. The Morgan fingerprint density at radius 2 is 0.966 bits per heavy atom. The molecule has 0 spiro atoms. The molecule has 3 rings (SSSR count). The standard InChI is InChI=1S/C18H17BN2O6S2/c22-19(23)18-16(20-28(24,25)14-8-3-1-4-9-14)12-7-13-17(18)21-29(26,27)15-10-5-2-6-11-15/h1-13,20-23H. The zero-order valence-electron chi connectivity index (χ0n) is 14.9. The van der Waals surface area contributed by atoms with Gasteiger partial charge in [-0.3, -0.25) is 9.44 Å².